The van der Waals surface area contributed by atoms with E-state index in [1.165, 1.54) is 17.8 Å². The third kappa shape index (κ3) is 8.48. The van der Waals surface area contributed by atoms with Crippen LogP contribution in [0, 0.1) is 0 Å². The van der Waals surface area contributed by atoms with E-state index in [1.807, 2.05) is 19.1 Å². The Labute approximate surface area is 248 Å². The van der Waals surface area contributed by atoms with Crippen molar-refractivity contribution in [3.8, 4) is 5.75 Å². The topological polar surface area (TPSA) is 96.5 Å². The molecule has 0 aliphatic heterocycles. The fourth-order valence-corrected chi connectivity index (χ4v) is 4.77. The molecule has 0 aromatic heterocycles. The number of nitrogens with one attached hydrogen (secondary N) is 3. The predicted octanol–water partition coefficient (Wildman–Crippen LogP) is 6.88. The van der Waals surface area contributed by atoms with Crippen LogP contribution in [0.1, 0.15) is 22.8 Å². The summed E-state index contributed by atoms with van der Waals surface area (Å²) in [5.74, 6) is -0.429. The van der Waals surface area contributed by atoms with Gasteiger partial charge >= 0.3 is 0 Å². The highest BCUT2D eigenvalue weighted by molar-refractivity contribution is 8.00. The van der Waals surface area contributed by atoms with Crippen molar-refractivity contribution in [3.63, 3.8) is 0 Å². The van der Waals surface area contributed by atoms with Gasteiger partial charge in [-0.15, -0.1) is 11.8 Å². The van der Waals surface area contributed by atoms with Gasteiger partial charge < -0.3 is 20.7 Å². The Balaban J connectivity index is 1.43. The second-order valence-electron chi connectivity index (χ2n) is 8.86. The number of hydrogen-bond donors (Lipinski definition) is 3. The molecule has 3 N–H and O–H groups in total. The van der Waals surface area contributed by atoms with Crippen LogP contribution in [0.3, 0.4) is 0 Å². The largest absolute Gasteiger partial charge is 0.497 e. The number of carbonyl (C=O) groups is 3. The van der Waals surface area contributed by atoms with Gasteiger partial charge in [-0.1, -0.05) is 54.1 Å². The van der Waals surface area contributed by atoms with E-state index < -0.39 is 11.8 Å². The van der Waals surface area contributed by atoms with E-state index in [0.29, 0.717) is 33.3 Å². The van der Waals surface area contributed by atoms with Gasteiger partial charge in [-0.2, -0.15) is 0 Å². The molecule has 4 aromatic rings. The highest BCUT2D eigenvalue weighted by Gasteiger charge is 2.17. The van der Waals surface area contributed by atoms with Crippen LogP contribution in [0.25, 0.3) is 6.08 Å². The molecular weight excluding hydrogens is 558 g/mol. The lowest BCUT2D eigenvalue weighted by atomic mass is 10.1. The van der Waals surface area contributed by atoms with Crippen LogP contribution >= 0.6 is 23.4 Å². The molecule has 0 fully saturated rings. The fourth-order valence-electron chi connectivity index (χ4n) is 3.71. The zero-order chi connectivity index (χ0) is 29.2. The first-order chi connectivity index (χ1) is 19.8. The van der Waals surface area contributed by atoms with E-state index in [1.54, 1.807) is 98.1 Å². The molecule has 0 heterocycles. The van der Waals surface area contributed by atoms with E-state index in [-0.39, 0.29) is 16.9 Å². The van der Waals surface area contributed by atoms with Crippen LogP contribution in [-0.2, 0) is 9.59 Å². The van der Waals surface area contributed by atoms with Crippen LogP contribution in [0.2, 0.25) is 5.02 Å². The summed E-state index contributed by atoms with van der Waals surface area (Å²) in [6, 6.07) is 29.9. The summed E-state index contributed by atoms with van der Waals surface area (Å²) in [5.41, 5.74) is 2.21. The summed E-state index contributed by atoms with van der Waals surface area (Å²) >= 11 is 7.69. The molecule has 1 unspecified atom stereocenters. The second-order valence-corrected chi connectivity index (χ2v) is 10.7. The maximum atomic E-state index is 13.3. The minimum atomic E-state index is -0.513. The van der Waals surface area contributed by atoms with E-state index in [2.05, 4.69) is 16.0 Å². The SMILES string of the molecule is COc1cccc(NC(=O)C(C)Sc2ccc(NC(=O)/C(=C/c3ccccc3Cl)NC(=O)c3ccccc3)cc2)c1. The molecule has 1 atom stereocenters. The minimum Gasteiger partial charge on any atom is -0.497 e. The number of rotatable bonds is 10. The van der Waals surface area contributed by atoms with Gasteiger partial charge in [-0.05, 0) is 73.2 Å². The summed E-state index contributed by atoms with van der Waals surface area (Å²) < 4.78 is 5.20. The molecule has 0 saturated carbocycles. The lowest BCUT2D eigenvalue weighted by Gasteiger charge is -2.14. The summed E-state index contributed by atoms with van der Waals surface area (Å²) in [6.07, 6.45) is 1.53. The van der Waals surface area contributed by atoms with Crippen LogP contribution in [-0.4, -0.2) is 30.1 Å². The number of hydrogen-bond acceptors (Lipinski definition) is 5. The molecule has 0 bridgehead atoms. The van der Waals surface area contributed by atoms with Gasteiger partial charge in [0.1, 0.15) is 11.4 Å². The van der Waals surface area contributed by atoms with Crippen LogP contribution < -0.4 is 20.7 Å². The Morgan fingerprint density at radius 2 is 1.54 bits per heavy atom. The fraction of sp³-hybridized carbons (Fsp3) is 0.0938. The number of ether oxygens (including phenoxy) is 1. The number of benzene rings is 4. The first-order valence-corrected chi connectivity index (χ1v) is 13.9. The third-order valence-electron chi connectivity index (χ3n) is 5.87. The lowest BCUT2D eigenvalue weighted by molar-refractivity contribution is -0.115. The van der Waals surface area contributed by atoms with E-state index in [4.69, 9.17) is 16.3 Å². The number of methoxy groups -OCH3 is 1. The molecule has 9 heteroatoms. The average Bonchev–Trinajstić information content (AvgIpc) is 2.99. The van der Waals surface area contributed by atoms with E-state index >= 15 is 0 Å². The van der Waals surface area contributed by atoms with E-state index in [9.17, 15) is 14.4 Å². The van der Waals surface area contributed by atoms with Crippen molar-refractivity contribution in [1.82, 2.24) is 5.32 Å². The van der Waals surface area contributed by atoms with Crippen molar-refractivity contribution in [2.24, 2.45) is 0 Å². The third-order valence-corrected chi connectivity index (χ3v) is 7.32. The number of thioether (sulfide) groups is 1. The zero-order valence-corrected chi connectivity index (χ0v) is 24.0. The summed E-state index contributed by atoms with van der Waals surface area (Å²) in [4.78, 5) is 39.6. The number of anilines is 2. The second kappa shape index (κ2) is 14.2. The molecule has 208 valence electrons. The first-order valence-electron chi connectivity index (χ1n) is 12.7. The van der Waals surface area contributed by atoms with Crippen LogP contribution in [0.5, 0.6) is 5.75 Å². The van der Waals surface area contributed by atoms with Gasteiger partial charge in [0.25, 0.3) is 11.8 Å². The first kappa shape index (κ1) is 29.5. The molecule has 0 spiro atoms. The van der Waals surface area contributed by atoms with Gasteiger partial charge in [0.15, 0.2) is 0 Å². The molecule has 0 saturated heterocycles. The maximum Gasteiger partial charge on any atom is 0.272 e. The van der Waals surface area contributed by atoms with Crippen molar-refractivity contribution in [2.75, 3.05) is 17.7 Å². The van der Waals surface area contributed by atoms with E-state index in [0.717, 1.165) is 4.90 Å². The summed E-state index contributed by atoms with van der Waals surface area (Å²) in [5, 5.41) is 8.48. The highest BCUT2D eigenvalue weighted by atomic mass is 35.5. The minimum absolute atomic E-state index is 0.0354. The van der Waals surface area contributed by atoms with Gasteiger partial charge in [-0.25, -0.2) is 0 Å². The monoisotopic (exact) mass is 585 g/mol. The standard InChI is InChI=1S/C32H28ClN3O4S/c1-21(30(37)35-25-12-8-13-26(20-25)40-2)41-27-17-15-24(16-18-27)34-32(39)29(19-23-11-6-7-14-28(23)33)36-31(38)22-9-4-3-5-10-22/h3-21H,1-2H3,(H,34,39)(H,35,37)(H,36,38)/b29-19-. The number of amides is 3. The Bertz CT molecular complexity index is 1560. The van der Waals surface area contributed by atoms with Gasteiger partial charge in [-0.3, -0.25) is 14.4 Å². The normalized spacial score (nSPS) is 11.7. The van der Waals surface area contributed by atoms with Crippen molar-refractivity contribution in [2.45, 2.75) is 17.1 Å². The molecule has 0 aliphatic rings. The van der Waals surface area contributed by atoms with Gasteiger partial charge in [0.05, 0.1) is 12.4 Å². The number of halogens is 1. The van der Waals surface area contributed by atoms with Crippen molar-refractivity contribution >= 4 is 58.5 Å². The van der Waals surface area contributed by atoms with Crippen LogP contribution in [0.4, 0.5) is 11.4 Å². The molecule has 4 rings (SSSR count). The molecule has 4 aromatic carbocycles. The summed E-state index contributed by atoms with van der Waals surface area (Å²) in [7, 11) is 1.57. The smallest absolute Gasteiger partial charge is 0.272 e. The van der Waals surface area contributed by atoms with Crippen molar-refractivity contribution in [3.05, 3.63) is 125 Å². The van der Waals surface area contributed by atoms with Crippen molar-refractivity contribution < 1.29 is 19.1 Å². The van der Waals surface area contributed by atoms with Crippen molar-refractivity contribution in [1.29, 1.82) is 0 Å². The molecule has 0 aliphatic carbocycles. The van der Waals surface area contributed by atoms with Gasteiger partial charge in [0, 0.05) is 32.9 Å². The Morgan fingerprint density at radius 3 is 2.24 bits per heavy atom. The predicted molar refractivity (Wildman–Crippen MR) is 165 cm³/mol. The summed E-state index contributed by atoms with van der Waals surface area (Å²) in [6.45, 7) is 1.82. The Hall–Kier alpha value is -4.53. The highest BCUT2D eigenvalue weighted by Crippen LogP contribution is 2.27. The molecule has 3 amide bonds. The molecule has 41 heavy (non-hydrogen) atoms. The average molecular weight is 586 g/mol. The molecule has 0 radical (unpaired) electrons. The number of carbonyl (C=O) groups excluding carboxylic acids is 3. The molecule has 7 nitrogen and oxygen atoms in total. The Morgan fingerprint density at radius 1 is 0.829 bits per heavy atom. The Kier molecular flexibility index (Phi) is 10.2. The zero-order valence-electron chi connectivity index (χ0n) is 22.4. The molecular formula is C32H28ClN3O4S. The maximum absolute atomic E-state index is 13.3. The lowest BCUT2D eigenvalue weighted by Crippen LogP contribution is -2.30. The van der Waals surface area contributed by atoms with Crippen LogP contribution in [0.15, 0.2) is 114 Å². The van der Waals surface area contributed by atoms with Gasteiger partial charge in [0.2, 0.25) is 5.91 Å². The quantitative estimate of drug-likeness (QED) is 0.139.